The van der Waals surface area contributed by atoms with Crippen LogP contribution < -0.4 is 16.0 Å². The summed E-state index contributed by atoms with van der Waals surface area (Å²) in [4.78, 5) is 93.6. The first-order chi connectivity index (χ1) is 19.0. The molecule has 0 saturated heterocycles. The number of hydrogen-bond acceptors (Lipinski definition) is 15. The zero-order valence-electron chi connectivity index (χ0n) is 23.9. The van der Waals surface area contributed by atoms with E-state index in [4.69, 9.17) is 28.4 Å². The molecule has 0 aliphatic heterocycles. The Hall–Kier alpha value is -4.28. The van der Waals surface area contributed by atoms with Crippen LogP contribution in [0.25, 0.3) is 0 Å². The number of amides is 2. The molecule has 17 heteroatoms. The van der Waals surface area contributed by atoms with Crippen LogP contribution in [0.4, 0.5) is 0 Å². The summed E-state index contributed by atoms with van der Waals surface area (Å²) in [5, 5.41) is 7.51. The molecule has 41 heavy (non-hydrogen) atoms. The number of esters is 6. The normalized spacial score (nSPS) is 10.9. The number of carbonyl (C=O) groups excluding carboxylic acids is 8. The summed E-state index contributed by atoms with van der Waals surface area (Å²) in [5.41, 5.74) is -3.28. The van der Waals surface area contributed by atoms with Gasteiger partial charge in [0, 0.05) is 41.5 Å². The predicted octanol–water partition coefficient (Wildman–Crippen LogP) is -2.34. The fourth-order valence-corrected chi connectivity index (χ4v) is 2.87. The van der Waals surface area contributed by atoms with Crippen molar-refractivity contribution in [2.75, 3.05) is 52.7 Å². The minimum atomic E-state index is -1.64. The van der Waals surface area contributed by atoms with E-state index in [1.807, 2.05) is 0 Å². The maximum atomic E-state index is 12.7. The summed E-state index contributed by atoms with van der Waals surface area (Å²) >= 11 is 0. The van der Waals surface area contributed by atoms with Gasteiger partial charge in [-0.05, 0) is 0 Å². The van der Waals surface area contributed by atoms with E-state index in [0.29, 0.717) is 0 Å². The Bertz CT molecular complexity index is 814. The Kier molecular flexibility index (Phi) is 16.2. The first kappa shape index (κ1) is 36.7. The van der Waals surface area contributed by atoms with E-state index in [2.05, 4.69) is 16.0 Å². The van der Waals surface area contributed by atoms with Gasteiger partial charge in [-0.15, -0.1) is 0 Å². The maximum absolute atomic E-state index is 12.7. The molecule has 0 fully saturated rings. The zero-order valence-corrected chi connectivity index (χ0v) is 23.9. The molecule has 0 aromatic heterocycles. The van der Waals surface area contributed by atoms with Crippen LogP contribution in [-0.2, 0) is 66.8 Å². The predicted molar refractivity (Wildman–Crippen MR) is 134 cm³/mol. The van der Waals surface area contributed by atoms with Crippen LogP contribution >= 0.6 is 0 Å². The van der Waals surface area contributed by atoms with Gasteiger partial charge in [-0.25, -0.2) is 0 Å². The third-order valence-electron chi connectivity index (χ3n) is 4.69. The third kappa shape index (κ3) is 17.8. The summed E-state index contributed by atoms with van der Waals surface area (Å²) in [6.07, 6.45) is 0. The molecular formula is C24H37N3O14. The first-order valence-electron chi connectivity index (χ1n) is 12.1. The molecule has 0 spiro atoms. The quantitative estimate of drug-likeness (QED) is 0.112. The van der Waals surface area contributed by atoms with Crippen molar-refractivity contribution in [1.82, 2.24) is 16.0 Å². The largest absolute Gasteiger partial charge is 0.463 e. The summed E-state index contributed by atoms with van der Waals surface area (Å²) in [6.45, 7) is 2.55. The minimum absolute atomic E-state index is 0.500. The van der Waals surface area contributed by atoms with Gasteiger partial charge in [0.1, 0.15) is 50.7 Å². The van der Waals surface area contributed by atoms with Crippen molar-refractivity contribution in [2.45, 2.75) is 52.6 Å². The number of nitrogens with one attached hydrogen (secondary N) is 3. The number of hydrogen-bond donors (Lipinski definition) is 3. The van der Waals surface area contributed by atoms with Gasteiger partial charge in [0.2, 0.25) is 11.8 Å². The third-order valence-corrected chi connectivity index (χ3v) is 4.69. The van der Waals surface area contributed by atoms with Gasteiger partial charge in [0.15, 0.2) is 0 Å². The average Bonchev–Trinajstić information content (AvgIpc) is 2.85. The standard InChI is InChI=1S/C24H37N3O14/c1-15(28)36-9-23(10-37-16(2)29,11-38-17(3)30)26-21(34)7-25-8-22(35)27-24(12-39-18(4)31,13-40-19(5)32)14-41-20(6)33/h25H,7-14H2,1-6H3,(H,26,34)(H,27,35). The summed E-state index contributed by atoms with van der Waals surface area (Å²) in [5.74, 6) is -5.85. The molecular weight excluding hydrogens is 554 g/mol. The van der Waals surface area contributed by atoms with Gasteiger partial charge in [-0.2, -0.15) is 0 Å². The van der Waals surface area contributed by atoms with Crippen molar-refractivity contribution < 1.29 is 66.8 Å². The van der Waals surface area contributed by atoms with E-state index < -0.39 is 111 Å². The van der Waals surface area contributed by atoms with E-state index in [1.54, 1.807) is 0 Å². The summed E-state index contributed by atoms with van der Waals surface area (Å²) in [7, 11) is 0. The second-order valence-corrected chi connectivity index (χ2v) is 8.94. The second kappa shape index (κ2) is 18.1. The van der Waals surface area contributed by atoms with Gasteiger partial charge < -0.3 is 39.1 Å². The molecule has 17 nitrogen and oxygen atoms in total. The molecule has 0 aromatic carbocycles. The van der Waals surface area contributed by atoms with Crippen molar-refractivity contribution in [3.05, 3.63) is 0 Å². The van der Waals surface area contributed by atoms with Gasteiger partial charge in [0.25, 0.3) is 0 Å². The zero-order chi connectivity index (χ0) is 31.6. The van der Waals surface area contributed by atoms with Crippen molar-refractivity contribution in [3.63, 3.8) is 0 Å². The summed E-state index contributed by atoms with van der Waals surface area (Å²) < 4.78 is 29.8. The molecule has 3 N–H and O–H groups in total. The smallest absolute Gasteiger partial charge is 0.302 e. The Morgan fingerprint density at radius 3 is 0.780 bits per heavy atom. The molecule has 232 valence electrons. The monoisotopic (exact) mass is 591 g/mol. The topological polar surface area (TPSA) is 228 Å². The number of ether oxygens (including phenoxy) is 6. The molecule has 0 atom stereocenters. The van der Waals surface area contributed by atoms with Gasteiger partial charge in [-0.1, -0.05) is 0 Å². The molecule has 0 bridgehead atoms. The number of rotatable bonds is 18. The van der Waals surface area contributed by atoms with Gasteiger partial charge in [0.05, 0.1) is 13.1 Å². The van der Waals surface area contributed by atoms with Crippen LogP contribution in [0.15, 0.2) is 0 Å². The maximum Gasteiger partial charge on any atom is 0.302 e. The van der Waals surface area contributed by atoms with Crippen molar-refractivity contribution in [2.24, 2.45) is 0 Å². The molecule has 0 rings (SSSR count). The van der Waals surface area contributed by atoms with E-state index >= 15 is 0 Å². The molecule has 0 saturated carbocycles. The van der Waals surface area contributed by atoms with Crippen LogP contribution in [0, 0.1) is 0 Å². The first-order valence-corrected chi connectivity index (χ1v) is 12.1. The fraction of sp³-hybridized carbons (Fsp3) is 0.667. The van der Waals surface area contributed by atoms with E-state index in [9.17, 15) is 38.4 Å². The van der Waals surface area contributed by atoms with Gasteiger partial charge >= 0.3 is 35.8 Å². The summed E-state index contributed by atoms with van der Waals surface area (Å²) in [6, 6.07) is 0. The van der Waals surface area contributed by atoms with Gasteiger partial charge in [-0.3, -0.25) is 43.7 Å². The lowest BCUT2D eigenvalue weighted by atomic mass is 10.0. The van der Waals surface area contributed by atoms with Crippen molar-refractivity contribution >= 4 is 47.6 Å². The van der Waals surface area contributed by atoms with Crippen LogP contribution in [0.3, 0.4) is 0 Å². The van der Waals surface area contributed by atoms with E-state index in [-0.39, 0.29) is 0 Å². The lowest BCUT2D eigenvalue weighted by Gasteiger charge is -2.33. The molecule has 0 heterocycles. The highest BCUT2D eigenvalue weighted by atomic mass is 16.6. The number of carbonyl (C=O) groups is 8. The highest BCUT2D eigenvalue weighted by Crippen LogP contribution is 2.11. The lowest BCUT2D eigenvalue weighted by Crippen LogP contribution is -2.61. The minimum Gasteiger partial charge on any atom is -0.463 e. The molecule has 0 aromatic rings. The van der Waals surface area contributed by atoms with Crippen LogP contribution in [0.2, 0.25) is 0 Å². The molecule has 0 aliphatic rings. The van der Waals surface area contributed by atoms with Crippen molar-refractivity contribution in [3.8, 4) is 0 Å². The Labute approximate surface area is 236 Å². The van der Waals surface area contributed by atoms with Crippen molar-refractivity contribution in [1.29, 1.82) is 0 Å². The average molecular weight is 592 g/mol. The molecule has 0 unspecified atom stereocenters. The highest BCUT2D eigenvalue weighted by Gasteiger charge is 2.38. The highest BCUT2D eigenvalue weighted by molar-refractivity contribution is 5.82. The van der Waals surface area contributed by atoms with Crippen LogP contribution in [0.1, 0.15) is 41.5 Å². The lowest BCUT2D eigenvalue weighted by molar-refractivity contribution is -0.158. The Morgan fingerprint density at radius 2 is 0.610 bits per heavy atom. The van der Waals surface area contributed by atoms with Crippen LogP contribution in [-0.4, -0.2) is 111 Å². The Morgan fingerprint density at radius 1 is 0.415 bits per heavy atom. The van der Waals surface area contributed by atoms with Crippen LogP contribution in [0.5, 0.6) is 0 Å². The SMILES string of the molecule is CC(=O)OCC(COC(C)=O)(COC(C)=O)NC(=O)CNCC(=O)NC(COC(C)=O)(COC(C)=O)COC(C)=O. The molecule has 2 amide bonds. The van der Waals surface area contributed by atoms with E-state index in [0.717, 1.165) is 41.5 Å². The second-order valence-electron chi connectivity index (χ2n) is 8.94. The fourth-order valence-electron chi connectivity index (χ4n) is 2.87. The van der Waals surface area contributed by atoms with E-state index in [1.165, 1.54) is 0 Å². The molecule has 0 aliphatic carbocycles. The Balaban J connectivity index is 5.52. The molecule has 0 radical (unpaired) electrons.